The van der Waals surface area contributed by atoms with Crippen LogP contribution in [0.4, 0.5) is 4.39 Å². The van der Waals surface area contributed by atoms with E-state index in [0.717, 1.165) is 11.1 Å². The smallest absolute Gasteiger partial charge is 0.203 e. The number of aliphatic imine (C=N–C) groups is 1. The van der Waals surface area contributed by atoms with Gasteiger partial charge >= 0.3 is 0 Å². The van der Waals surface area contributed by atoms with Crippen molar-refractivity contribution >= 4 is 29.9 Å². The lowest BCUT2D eigenvalue weighted by Gasteiger charge is -2.16. The first kappa shape index (κ1) is 24.6. The zero-order valence-corrected chi connectivity index (χ0v) is 19.5. The minimum atomic E-state index is -0.401. The highest BCUT2D eigenvalue weighted by molar-refractivity contribution is 14.0. The van der Waals surface area contributed by atoms with Crippen LogP contribution in [0.3, 0.4) is 0 Å². The Bertz CT molecular complexity index is 808. The molecule has 0 aliphatic heterocycles. The molecule has 0 aliphatic rings. The second kappa shape index (κ2) is 12.2. The summed E-state index contributed by atoms with van der Waals surface area (Å²) in [5.74, 6) is 2.09. The molecule has 0 fully saturated rings. The number of hydrogen-bond donors (Lipinski definition) is 2. The zero-order chi connectivity index (χ0) is 20.5. The number of nitrogens with zero attached hydrogens (tertiary/aromatic N) is 1. The van der Waals surface area contributed by atoms with Gasteiger partial charge < -0.3 is 29.6 Å². The third-order valence-electron chi connectivity index (χ3n) is 4.08. The summed E-state index contributed by atoms with van der Waals surface area (Å²) in [7, 11) is 7.81. The summed E-state index contributed by atoms with van der Waals surface area (Å²) >= 11 is 0. The molecule has 0 atom stereocenters. The molecule has 0 amide bonds. The molecule has 0 aromatic heterocycles. The summed E-state index contributed by atoms with van der Waals surface area (Å²) in [6.07, 6.45) is 0. The van der Waals surface area contributed by atoms with Gasteiger partial charge in [0.15, 0.2) is 29.0 Å². The van der Waals surface area contributed by atoms with E-state index in [0.29, 0.717) is 36.3 Å². The summed E-state index contributed by atoms with van der Waals surface area (Å²) in [6, 6.07) is 8.54. The molecule has 0 unspecified atom stereocenters. The summed E-state index contributed by atoms with van der Waals surface area (Å²) in [5.41, 5.74) is 1.70. The van der Waals surface area contributed by atoms with Crippen LogP contribution in [-0.2, 0) is 13.1 Å². The molecular formula is C20H27FIN3O4. The third-order valence-corrected chi connectivity index (χ3v) is 4.08. The fourth-order valence-corrected chi connectivity index (χ4v) is 2.65. The molecule has 7 nitrogen and oxygen atoms in total. The van der Waals surface area contributed by atoms with Gasteiger partial charge in [-0.2, -0.15) is 0 Å². The van der Waals surface area contributed by atoms with Crippen molar-refractivity contribution in [2.45, 2.75) is 13.1 Å². The predicted molar refractivity (Wildman–Crippen MR) is 122 cm³/mol. The lowest BCUT2D eigenvalue weighted by molar-refractivity contribution is 0.323. The lowest BCUT2D eigenvalue weighted by atomic mass is 10.2. The highest BCUT2D eigenvalue weighted by atomic mass is 127. The van der Waals surface area contributed by atoms with Crippen LogP contribution in [0.1, 0.15) is 11.1 Å². The van der Waals surface area contributed by atoms with E-state index >= 15 is 0 Å². The fourth-order valence-electron chi connectivity index (χ4n) is 2.65. The number of guanidine groups is 1. The topological polar surface area (TPSA) is 73.3 Å². The first-order chi connectivity index (χ1) is 13.6. The van der Waals surface area contributed by atoms with Crippen molar-refractivity contribution in [1.82, 2.24) is 10.6 Å². The Hall–Kier alpha value is -2.43. The minimum absolute atomic E-state index is 0. The molecule has 0 bridgehead atoms. The summed E-state index contributed by atoms with van der Waals surface area (Å²) in [4.78, 5) is 4.18. The maximum atomic E-state index is 13.8. The average molecular weight is 519 g/mol. The second-order valence-corrected chi connectivity index (χ2v) is 5.78. The highest BCUT2D eigenvalue weighted by Gasteiger charge is 2.13. The van der Waals surface area contributed by atoms with E-state index in [1.807, 2.05) is 12.1 Å². The van der Waals surface area contributed by atoms with Gasteiger partial charge in [0, 0.05) is 20.1 Å². The van der Waals surface area contributed by atoms with Gasteiger partial charge in [0.1, 0.15) is 0 Å². The summed E-state index contributed by atoms with van der Waals surface area (Å²) in [6.45, 7) is 0.892. The molecule has 0 aliphatic carbocycles. The number of halogens is 2. The summed E-state index contributed by atoms with van der Waals surface area (Å²) < 4.78 is 34.8. The molecule has 160 valence electrons. The number of methoxy groups -OCH3 is 4. The van der Waals surface area contributed by atoms with E-state index < -0.39 is 5.82 Å². The van der Waals surface area contributed by atoms with E-state index in [1.54, 1.807) is 40.5 Å². The van der Waals surface area contributed by atoms with Crippen molar-refractivity contribution in [3.8, 4) is 23.0 Å². The SMILES string of the molecule is CN=C(NCc1ccc(OC)c(F)c1)NCc1cc(OC)c(OC)c(OC)c1.I. The van der Waals surface area contributed by atoms with Crippen LogP contribution < -0.4 is 29.6 Å². The van der Waals surface area contributed by atoms with Crippen LogP contribution in [0.15, 0.2) is 35.3 Å². The van der Waals surface area contributed by atoms with Crippen molar-refractivity contribution in [2.24, 2.45) is 4.99 Å². The first-order valence-corrected chi connectivity index (χ1v) is 8.62. The Balaban J connectivity index is 0.00000420. The van der Waals surface area contributed by atoms with Gasteiger partial charge in [-0.15, -0.1) is 24.0 Å². The Morgan fingerprint density at radius 1 is 0.828 bits per heavy atom. The molecule has 2 N–H and O–H groups in total. The van der Waals surface area contributed by atoms with Gasteiger partial charge in [-0.3, -0.25) is 4.99 Å². The normalized spacial score (nSPS) is 10.6. The molecule has 0 spiro atoms. The molecule has 2 aromatic carbocycles. The van der Waals surface area contributed by atoms with Crippen LogP contribution in [0, 0.1) is 5.82 Å². The van der Waals surface area contributed by atoms with Gasteiger partial charge in [0.25, 0.3) is 0 Å². The lowest BCUT2D eigenvalue weighted by Crippen LogP contribution is -2.36. The number of rotatable bonds is 8. The number of ether oxygens (including phenoxy) is 4. The Kier molecular flexibility index (Phi) is 10.4. The number of benzene rings is 2. The van der Waals surface area contributed by atoms with Crippen molar-refractivity contribution in [1.29, 1.82) is 0 Å². The van der Waals surface area contributed by atoms with Crippen LogP contribution in [0.25, 0.3) is 0 Å². The zero-order valence-electron chi connectivity index (χ0n) is 17.2. The van der Waals surface area contributed by atoms with Gasteiger partial charge in [-0.05, 0) is 35.4 Å². The Morgan fingerprint density at radius 2 is 1.38 bits per heavy atom. The molecule has 0 saturated carbocycles. The maximum Gasteiger partial charge on any atom is 0.203 e. The van der Waals surface area contributed by atoms with Gasteiger partial charge in [0.05, 0.1) is 28.4 Å². The molecule has 2 aromatic rings. The van der Waals surface area contributed by atoms with E-state index in [2.05, 4.69) is 15.6 Å². The quantitative estimate of drug-likeness (QED) is 0.317. The number of hydrogen-bond acceptors (Lipinski definition) is 5. The van der Waals surface area contributed by atoms with Gasteiger partial charge in [0.2, 0.25) is 5.75 Å². The minimum Gasteiger partial charge on any atom is -0.494 e. The summed E-state index contributed by atoms with van der Waals surface area (Å²) in [5, 5.41) is 6.35. The molecule has 9 heteroatoms. The Labute approximate surface area is 187 Å². The van der Waals surface area contributed by atoms with Crippen molar-refractivity contribution in [3.63, 3.8) is 0 Å². The van der Waals surface area contributed by atoms with Crippen LogP contribution >= 0.6 is 24.0 Å². The molecule has 0 radical (unpaired) electrons. The molecule has 2 rings (SSSR count). The third kappa shape index (κ3) is 6.55. The Morgan fingerprint density at radius 3 is 1.83 bits per heavy atom. The van der Waals surface area contributed by atoms with Crippen molar-refractivity contribution in [2.75, 3.05) is 35.5 Å². The standard InChI is InChI=1S/C20H26FN3O4.HI/c1-22-20(23-11-13-6-7-16(25-2)15(21)8-13)24-12-14-9-17(26-3)19(28-5)18(10-14)27-4;/h6-10H,11-12H2,1-5H3,(H2,22,23,24);1H. The van der Waals surface area contributed by atoms with Crippen molar-refractivity contribution < 1.29 is 23.3 Å². The number of nitrogens with one attached hydrogen (secondary N) is 2. The molecule has 0 heterocycles. The molecule has 29 heavy (non-hydrogen) atoms. The fraction of sp³-hybridized carbons (Fsp3) is 0.350. The van der Waals surface area contributed by atoms with E-state index in [1.165, 1.54) is 13.2 Å². The monoisotopic (exact) mass is 519 g/mol. The van der Waals surface area contributed by atoms with Gasteiger partial charge in [-0.1, -0.05) is 6.07 Å². The van der Waals surface area contributed by atoms with Gasteiger partial charge in [-0.25, -0.2) is 4.39 Å². The van der Waals surface area contributed by atoms with E-state index in [-0.39, 0.29) is 29.7 Å². The van der Waals surface area contributed by atoms with Crippen LogP contribution in [0.2, 0.25) is 0 Å². The van der Waals surface area contributed by atoms with E-state index in [4.69, 9.17) is 18.9 Å². The second-order valence-electron chi connectivity index (χ2n) is 5.78. The predicted octanol–water partition coefficient (Wildman–Crippen LogP) is 3.34. The average Bonchev–Trinajstić information content (AvgIpc) is 2.73. The highest BCUT2D eigenvalue weighted by Crippen LogP contribution is 2.38. The van der Waals surface area contributed by atoms with Crippen molar-refractivity contribution in [3.05, 3.63) is 47.3 Å². The first-order valence-electron chi connectivity index (χ1n) is 8.62. The van der Waals surface area contributed by atoms with Crippen LogP contribution in [0.5, 0.6) is 23.0 Å². The molecular weight excluding hydrogens is 492 g/mol. The van der Waals surface area contributed by atoms with Crippen LogP contribution in [-0.4, -0.2) is 41.4 Å². The largest absolute Gasteiger partial charge is 0.494 e. The molecule has 0 saturated heterocycles. The maximum absolute atomic E-state index is 13.8. The van der Waals surface area contributed by atoms with E-state index in [9.17, 15) is 4.39 Å².